The van der Waals surface area contributed by atoms with Gasteiger partial charge in [-0.1, -0.05) is 12.8 Å². The first-order valence-corrected chi connectivity index (χ1v) is 5.91. The van der Waals surface area contributed by atoms with Gasteiger partial charge in [0.25, 0.3) is 0 Å². The smallest absolute Gasteiger partial charge is 0.373 e. The number of carboxylic acids is 1. The van der Waals surface area contributed by atoms with Crippen LogP contribution in [0.15, 0.2) is 4.42 Å². The molecule has 0 unspecified atom stereocenters. The minimum Gasteiger partial charge on any atom is -0.475 e. The van der Waals surface area contributed by atoms with E-state index in [4.69, 9.17) is 14.3 Å². The van der Waals surface area contributed by atoms with Crippen molar-refractivity contribution in [3.05, 3.63) is 17.3 Å². The van der Waals surface area contributed by atoms with Gasteiger partial charge in [0.2, 0.25) is 5.76 Å². The maximum absolute atomic E-state index is 11.0. The molecule has 1 aliphatic rings. The number of hydrogen-bond acceptors (Lipinski definition) is 4. The van der Waals surface area contributed by atoms with E-state index in [0.29, 0.717) is 17.5 Å². The normalized spacial score (nSPS) is 16.5. The van der Waals surface area contributed by atoms with E-state index in [1.165, 1.54) is 32.8 Å². The molecule has 17 heavy (non-hydrogen) atoms. The molecule has 0 saturated heterocycles. The van der Waals surface area contributed by atoms with Gasteiger partial charge in [-0.2, -0.15) is 0 Å². The monoisotopic (exact) mass is 239 g/mol. The maximum Gasteiger partial charge on any atom is 0.373 e. The van der Waals surface area contributed by atoms with Gasteiger partial charge in [0.1, 0.15) is 5.69 Å². The van der Waals surface area contributed by atoms with Crippen molar-refractivity contribution in [1.29, 1.82) is 0 Å². The third-order valence-electron chi connectivity index (χ3n) is 3.15. The SMILES string of the molecule is COCc1nc(CC2CCCC2)oc1C(=O)O. The quantitative estimate of drug-likeness (QED) is 0.853. The van der Waals surface area contributed by atoms with Crippen LogP contribution < -0.4 is 0 Å². The summed E-state index contributed by atoms with van der Waals surface area (Å²) in [6.07, 6.45) is 5.61. The molecule has 1 N–H and O–H groups in total. The summed E-state index contributed by atoms with van der Waals surface area (Å²) in [5, 5.41) is 8.98. The predicted molar refractivity (Wildman–Crippen MR) is 59.8 cm³/mol. The molecule has 0 bridgehead atoms. The van der Waals surface area contributed by atoms with Crippen LogP contribution in [0.1, 0.15) is 47.8 Å². The number of nitrogens with zero attached hydrogens (tertiary/aromatic N) is 1. The molecule has 1 saturated carbocycles. The topological polar surface area (TPSA) is 72.6 Å². The van der Waals surface area contributed by atoms with Gasteiger partial charge in [0.15, 0.2) is 5.89 Å². The molecule has 1 aromatic rings. The minimum atomic E-state index is -1.08. The van der Waals surface area contributed by atoms with Crippen molar-refractivity contribution >= 4 is 5.97 Å². The Bertz CT molecular complexity index is 393. The number of methoxy groups -OCH3 is 1. The van der Waals surface area contributed by atoms with E-state index < -0.39 is 5.97 Å². The standard InChI is InChI=1S/C12H17NO4/c1-16-7-9-11(12(14)15)17-10(13-9)6-8-4-2-3-5-8/h8H,2-7H2,1H3,(H,14,15). The fraction of sp³-hybridized carbons (Fsp3) is 0.667. The lowest BCUT2D eigenvalue weighted by atomic mass is 10.0. The van der Waals surface area contributed by atoms with Crippen LogP contribution in [0.25, 0.3) is 0 Å². The Balaban J connectivity index is 2.11. The summed E-state index contributed by atoms with van der Waals surface area (Å²) in [6.45, 7) is 0.176. The van der Waals surface area contributed by atoms with Crippen LogP contribution in [-0.2, 0) is 17.8 Å². The van der Waals surface area contributed by atoms with Gasteiger partial charge < -0.3 is 14.3 Å². The molecule has 5 nitrogen and oxygen atoms in total. The van der Waals surface area contributed by atoms with Gasteiger partial charge in [-0.25, -0.2) is 9.78 Å². The largest absolute Gasteiger partial charge is 0.475 e. The molecule has 0 aliphatic heterocycles. The highest BCUT2D eigenvalue weighted by Gasteiger charge is 2.23. The van der Waals surface area contributed by atoms with Gasteiger partial charge in [-0.3, -0.25) is 0 Å². The van der Waals surface area contributed by atoms with E-state index in [1.54, 1.807) is 0 Å². The number of carboxylic acid groups (broad SMARTS) is 1. The summed E-state index contributed by atoms with van der Waals surface area (Å²) in [4.78, 5) is 15.2. The zero-order valence-corrected chi connectivity index (χ0v) is 9.94. The van der Waals surface area contributed by atoms with Crippen LogP contribution in [0.4, 0.5) is 0 Å². The lowest BCUT2D eigenvalue weighted by Crippen LogP contribution is -2.00. The second-order valence-corrected chi connectivity index (χ2v) is 4.48. The average molecular weight is 239 g/mol. The van der Waals surface area contributed by atoms with Crippen molar-refractivity contribution in [3.8, 4) is 0 Å². The van der Waals surface area contributed by atoms with E-state index in [9.17, 15) is 4.79 Å². The highest BCUT2D eigenvalue weighted by atomic mass is 16.5. The molecular formula is C12H17NO4. The van der Waals surface area contributed by atoms with E-state index in [1.807, 2.05) is 0 Å². The van der Waals surface area contributed by atoms with Gasteiger partial charge in [0, 0.05) is 13.5 Å². The Hall–Kier alpha value is -1.36. The van der Waals surface area contributed by atoms with E-state index >= 15 is 0 Å². The fourth-order valence-electron chi connectivity index (χ4n) is 2.35. The summed E-state index contributed by atoms with van der Waals surface area (Å²) < 4.78 is 10.2. The number of carbonyl (C=O) groups is 1. The Kier molecular flexibility index (Phi) is 3.78. The van der Waals surface area contributed by atoms with E-state index in [2.05, 4.69) is 4.98 Å². The lowest BCUT2D eigenvalue weighted by molar-refractivity contribution is 0.0653. The van der Waals surface area contributed by atoms with Crippen molar-refractivity contribution in [3.63, 3.8) is 0 Å². The zero-order chi connectivity index (χ0) is 12.3. The number of rotatable bonds is 5. The highest BCUT2D eigenvalue weighted by Crippen LogP contribution is 2.28. The van der Waals surface area contributed by atoms with E-state index in [-0.39, 0.29) is 12.4 Å². The Morgan fingerprint density at radius 3 is 2.82 bits per heavy atom. The van der Waals surface area contributed by atoms with Crippen LogP contribution in [0.5, 0.6) is 0 Å². The second-order valence-electron chi connectivity index (χ2n) is 4.48. The van der Waals surface area contributed by atoms with Crippen molar-refractivity contribution in [2.75, 3.05) is 7.11 Å². The van der Waals surface area contributed by atoms with Crippen LogP contribution >= 0.6 is 0 Å². The maximum atomic E-state index is 11.0. The van der Waals surface area contributed by atoms with Crippen molar-refractivity contribution in [1.82, 2.24) is 4.98 Å². The number of oxazole rings is 1. The molecule has 1 aliphatic carbocycles. The molecule has 2 rings (SSSR count). The molecule has 0 amide bonds. The first-order valence-electron chi connectivity index (χ1n) is 5.91. The summed E-state index contributed by atoms with van der Waals surface area (Å²) in [6, 6.07) is 0. The molecular weight excluding hydrogens is 222 g/mol. The van der Waals surface area contributed by atoms with Crippen LogP contribution in [0.3, 0.4) is 0 Å². The minimum absolute atomic E-state index is 0.0835. The lowest BCUT2D eigenvalue weighted by Gasteiger charge is -2.03. The Labute approximate surface area is 99.8 Å². The van der Waals surface area contributed by atoms with Crippen LogP contribution in [-0.4, -0.2) is 23.2 Å². The summed E-state index contributed by atoms with van der Waals surface area (Å²) >= 11 is 0. The van der Waals surface area contributed by atoms with Gasteiger partial charge >= 0.3 is 5.97 Å². The molecule has 0 atom stereocenters. The summed E-state index contributed by atoms with van der Waals surface area (Å²) in [5.41, 5.74) is 0.382. The van der Waals surface area contributed by atoms with Crippen molar-refractivity contribution in [2.45, 2.75) is 38.7 Å². The predicted octanol–water partition coefficient (Wildman–Crippen LogP) is 2.25. The highest BCUT2D eigenvalue weighted by molar-refractivity contribution is 5.85. The van der Waals surface area contributed by atoms with Gasteiger partial charge in [-0.05, 0) is 18.8 Å². The first-order chi connectivity index (χ1) is 8.20. The third-order valence-corrected chi connectivity index (χ3v) is 3.15. The van der Waals surface area contributed by atoms with Gasteiger partial charge in [0.05, 0.1) is 6.61 Å². The third kappa shape index (κ3) is 2.85. The molecule has 0 spiro atoms. The van der Waals surface area contributed by atoms with Crippen LogP contribution in [0.2, 0.25) is 0 Å². The molecule has 0 aromatic carbocycles. The molecule has 1 aromatic heterocycles. The molecule has 94 valence electrons. The molecule has 1 fully saturated rings. The summed E-state index contributed by atoms with van der Waals surface area (Å²) in [5.74, 6) is -0.0471. The number of aromatic nitrogens is 1. The first kappa shape index (κ1) is 12.1. The summed E-state index contributed by atoms with van der Waals surface area (Å²) in [7, 11) is 1.51. The van der Waals surface area contributed by atoms with Crippen molar-refractivity contribution in [2.24, 2.45) is 5.92 Å². The number of aromatic carboxylic acids is 1. The van der Waals surface area contributed by atoms with Crippen molar-refractivity contribution < 1.29 is 19.1 Å². The molecule has 5 heteroatoms. The number of hydrogen-bond donors (Lipinski definition) is 1. The molecule has 1 heterocycles. The average Bonchev–Trinajstić information content (AvgIpc) is 2.89. The molecule has 0 radical (unpaired) electrons. The second kappa shape index (κ2) is 5.31. The fourth-order valence-corrected chi connectivity index (χ4v) is 2.35. The zero-order valence-electron chi connectivity index (χ0n) is 9.94. The Morgan fingerprint density at radius 2 is 2.24 bits per heavy atom. The van der Waals surface area contributed by atoms with Crippen LogP contribution in [0, 0.1) is 5.92 Å². The Morgan fingerprint density at radius 1 is 1.53 bits per heavy atom. The number of ether oxygens (including phenoxy) is 1. The van der Waals surface area contributed by atoms with E-state index in [0.717, 1.165) is 6.42 Å². The van der Waals surface area contributed by atoms with Gasteiger partial charge in [-0.15, -0.1) is 0 Å².